The summed E-state index contributed by atoms with van der Waals surface area (Å²) >= 11 is 0. The van der Waals surface area contributed by atoms with Crippen LogP contribution in [0.15, 0.2) is 30.9 Å². The maximum atomic E-state index is 4.88. The second kappa shape index (κ2) is 5.88. The van der Waals surface area contributed by atoms with Gasteiger partial charge in [-0.1, -0.05) is 0 Å². The molecule has 0 bridgehead atoms. The Kier molecular flexibility index (Phi) is 3.39. The Bertz CT molecular complexity index is 1180. The van der Waals surface area contributed by atoms with Crippen LogP contribution in [-0.2, 0) is 5.54 Å². The van der Waals surface area contributed by atoms with Crippen LogP contribution in [0.5, 0.6) is 0 Å². The monoisotopic (exact) mass is 389 g/mol. The van der Waals surface area contributed by atoms with E-state index in [4.69, 9.17) is 10.1 Å². The van der Waals surface area contributed by atoms with Gasteiger partial charge in [-0.25, -0.2) is 9.67 Å². The molecule has 148 valence electrons. The molecule has 0 aromatic carbocycles. The minimum absolute atomic E-state index is 0.420. The number of H-pyrrole nitrogens is 1. The third-order valence-electron chi connectivity index (χ3n) is 5.90. The van der Waals surface area contributed by atoms with Crippen molar-refractivity contribution < 1.29 is 0 Å². The number of hydrogen-bond acceptors (Lipinski definition) is 6. The van der Waals surface area contributed by atoms with Crippen LogP contribution in [0.4, 0.5) is 11.8 Å². The highest BCUT2D eigenvalue weighted by molar-refractivity contribution is 5.81. The summed E-state index contributed by atoms with van der Waals surface area (Å²) in [5.74, 6) is 2.14. The largest absolute Gasteiger partial charge is 0.346 e. The van der Waals surface area contributed by atoms with Crippen LogP contribution >= 0.6 is 0 Å². The first kappa shape index (κ1) is 16.7. The Hall–Kier alpha value is -3.23. The number of fused-ring (bicyclic) bond motifs is 1. The Morgan fingerprint density at radius 2 is 1.93 bits per heavy atom. The molecular formula is C20H23N9. The summed E-state index contributed by atoms with van der Waals surface area (Å²) in [6.07, 6.45) is 12.2. The van der Waals surface area contributed by atoms with E-state index < -0.39 is 5.54 Å². The van der Waals surface area contributed by atoms with Crippen LogP contribution in [0.1, 0.15) is 62.7 Å². The third kappa shape index (κ3) is 2.80. The molecule has 2 saturated carbocycles. The molecule has 0 amide bonds. The van der Waals surface area contributed by atoms with Crippen LogP contribution in [-0.4, -0.2) is 39.7 Å². The number of nitrogens with zero attached hydrogens (tertiary/aromatic N) is 7. The summed E-state index contributed by atoms with van der Waals surface area (Å²) in [4.78, 5) is 14.3. The fourth-order valence-electron chi connectivity index (χ4n) is 3.82. The predicted octanol–water partition coefficient (Wildman–Crippen LogP) is 3.49. The maximum Gasteiger partial charge on any atom is 0.230 e. The second-order valence-electron chi connectivity index (χ2n) is 8.57. The molecule has 6 rings (SSSR count). The first-order valence-electron chi connectivity index (χ1n) is 10.2. The van der Waals surface area contributed by atoms with Crippen LogP contribution in [0.2, 0.25) is 0 Å². The van der Waals surface area contributed by atoms with Crippen molar-refractivity contribution in [2.45, 2.75) is 57.0 Å². The highest BCUT2D eigenvalue weighted by Gasteiger charge is 2.33. The van der Waals surface area contributed by atoms with E-state index in [9.17, 15) is 0 Å². The molecule has 0 saturated heterocycles. The predicted molar refractivity (Wildman–Crippen MR) is 108 cm³/mol. The zero-order valence-corrected chi connectivity index (χ0v) is 16.5. The van der Waals surface area contributed by atoms with Gasteiger partial charge in [0.25, 0.3) is 0 Å². The van der Waals surface area contributed by atoms with Gasteiger partial charge in [0.15, 0.2) is 0 Å². The first-order chi connectivity index (χ1) is 14.1. The Morgan fingerprint density at radius 3 is 2.66 bits per heavy atom. The van der Waals surface area contributed by atoms with Gasteiger partial charge in [0.2, 0.25) is 5.95 Å². The smallest absolute Gasteiger partial charge is 0.230 e. The minimum atomic E-state index is -0.455. The Labute approximate surface area is 167 Å². The normalized spacial score (nSPS) is 17.2. The van der Waals surface area contributed by atoms with Gasteiger partial charge in [-0.2, -0.15) is 25.1 Å². The number of aromatic amines is 1. The summed E-state index contributed by atoms with van der Waals surface area (Å²) in [6, 6.07) is 2.47. The van der Waals surface area contributed by atoms with Gasteiger partial charge < -0.3 is 10.3 Å². The fraction of sp³-hybridized carbons (Fsp3) is 0.450. The average Bonchev–Trinajstić information content (AvgIpc) is 3.59. The molecule has 2 fully saturated rings. The van der Waals surface area contributed by atoms with Crippen molar-refractivity contribution in [1.82, 2.24) is 39.7 Å². The SMILES string of the molecule is CC(C)(c1cc(Nc2ncc3c(C4CC4)c[nH]c3n2)n(C2CC2)n1)n1nccn1. The van der Waals surface area contributed by atoms with E-state index >= 15 is 0 Å². The van der Waals surface area contributed by atoms with Crippen molar-refractivity contribution in [2.24, 2.45) is 0 Å². The topological polar surface area (TPSA) is 102 Å². The van der Waals surface area contributed by atoms with Gasteiger partial charge in [-0.05, 0) is 51.0 Å². The molecule has 9 nitrogen and oxygen atoms in total. The molecular weight excluding hydrogens is 366 g/mol. The fourth-order valence-corrected chi connectivity index (χ4v) is 3.82. The van der Waals surface area contributed by atoms with Crippen molar-refractivity contribution >= 4 is 22.8 Å². The number of aromatic nitrogens is 8. The quantitative estimate of drug-likeness (QED) is 0.523. The summed E-state index contributed by atoms with van der Waals surface area (Å²) < 4.78 is 2.05. The van der Waals surface area contributed by atoms with Crippen LogP contribution in [0.25, 0.3) is 11.0 Å². The summed E-state index contributed by atoms with van der Waals surface area (Å²) in [5, 5.41) is 18.0. The molecule has 2 N–H and O–H groups in total. The highest BCUT2D eigenvalue weighted by Crippen LogP contribution is 2.43. The van der Waals surface area contributed by atoms with Crippen LogP contribution < -0.4 is 5.32 Å². The lowest BCUT2D eigenvalue weighted by molar-refractivity contribution is 0.331. The van der Waals surface area contributed by atoms with Gasteiger partial charge in [0.1, 0.15) is 17.0 Å². The first-order valence-corrected chi connectivity index (χ1v) is 10.2. The van der Waals surface area contributed by atoms with Crippen molar-refractivity contribution in [3.8, 4) is 0 Å². The zero-order valence-electron chi connectivity index (χ0n) is 16.5. The molecule has 0 atom stereocenters. The molecule has 29 heavy (non-hydrogen) atoms. The molecule has 4 aromatic rings. The van der Waals surface area contributed by atoms with E-state index in [1.54, 1.807) is 17.2 Å². The molecule has 0 radical (unpaired) electrons. The lowest BCUT2D eigenvalue weighted by Gasteiger charge is -2.20. The molecule has 0 unspecified atom stereocenters. The number of anilines is 2. The second-order valence-corrected chi connectivity index (χ2v) is 8.57. The molecule has 0 aliphatic heterocycles. The van der Waals surface area contributed by atoms with E-state index in [1.165, 1.54) is 18.4 Å². The minimum Gasteiger partial charge on any atom is -0.346 e. The number of hydrogen-bond donors (Lipinski definition) is 2. The number of rotatable bonds is 6. The van der Waals surface area contributed by atoms with Gasteiger partial charge in [-0.3, -0.25) is 0 Å². The van der Waals surface area contributed by atoms with Gasteiger partial charge >= 0.3 is 0 Å². The average molecular weight is 389 g/mol. The molecule has 2 aliphatic carbocycles. The summed E-state index contributed by atoms with van der Waals surface area (Å²) in [5.41, 5.74) is 2.66. The van der Waals surface area contributed by atoms with Gasteiger partial charge in [-0.15, -0.1) is 0 Å². The summed E-state index contributed by atoms with van der Waals surface area (Å²) in [7, 11) is 0. The van der Waals surface area contributed by atoms with Gasteiger partial charge in [0.05, 0.1) is 24.1 Å². The standard InChI is InChI=1S/C20H23N9/c1-20(2,29-23-7-8-24-29)16-9-17(28(27-16)13-5-6-13)25-19-22-11-15-14(12-3-4-12)10-21-18(15)26-19/h7-13H,3-6H2,1-2H3,(H2,21,22,25,26). The van der Waals surface area contributed by atoms with Crippen molar-refractivity contribution in [1.29, 1.82) is 0 Å². The molecule has 4 heterocycles. The van der Waals surface area contributed by atoms with Crippen molar-refractivity contribution in [3.05, 3.63) is 42.1 Å². The zero-order chi connectivity index (χ0) is 19.6. The third-order valence-corrected chi connectivity index (χ3v) is 5.90. The molecule has 2 aliphatic rings. The van der Waals surface area contributed by atoms with E-state index in [0.717, 1.165) is 35.4 Å². The van der Waals surface area contributed by atoms with E-state index in [0.29, 0.717) is 17.9 Å². The van der Waals surface area contributed by atoms with E-state index in [2.05, 4.69) is 56.3 Å². The van der Waals surface area contributed by atoms with E-state index in [-0.39, 0.29) is 0 Å². The Balaban J connectivity index is 1.35. The lowest BCUT2D eigenvalue weighted by atomic mass is 10.0. The molecule has 9 heteroatoms. The van der Waals surface area contributed by atoms with Crippen LogP contribution in [0, 0.1) is 0 Å². The summed E-state index contributed by atoms with van der Waals surface area (Å²) in [6.45, 7) is 4.13. The lowest BCUT2D eigenvalue weighted by Crippen LogP contribution is -2.30. The van der Waals surface area contributed by atoms with Gasteiger partial charge in [0, 0.05) is 23.8 Å². The Morgan fingerprint density at radius 1 is 1.14 bits per heavy atom. The van der Waals surface area contributed by atoms with Crippen molar-refractivity contribution in [3.63, 3.8) is 0 Å². The maximum absolute atomic E-state index is 4.88. The molecule has 4 aromatic heterocycles. The van der Waals surface area contributed by atoms with Crippen molar-refractivity contribution in [2.75, 3.05) is 5.32 Å². The van der Waals surface area contributed by atoms with E-state index in [1.807, 2.05) is 6.20 Å². The van der Waals surface area contributed by atoms with Crippen LogP contribution in [0.3, 0.4) is 0 Å². The number of nitrogens with one attached hydrogen (secondary N) is 2. The molecule has 0 spiro atoms. The highest BCUT2D eigenvalue weighted by atomic mass is 15.5.